The van der Waals surface area contributed by atoms with Crippen LogP contribution in [0.4, 0.5) is 0 Å². The van der Waals surface area contributed by atoms with Crippen LogP contribution < -0.4 is 37.9 Å². The summed E-state index contributed by atoms with van der Waals surface area (Å²) in [6.45, 7) is 18.0. The smallest absolute Gasteiger partial charge is 0.329 e. The van der Waals surface area contributed by atoms with E-state index in [-0.39, 0.29) is 36.6 Å². The molecule has 0 bridgehead atoms. The second-order valence-electron chi connectivity index (χ2n) is 28.1. The molecule has 19 heteroatoms. The summed E-state index contributed by atoms with van der Waals surface area (Å²) in [6.07, 6.45) is 8.94. The number of Topliss-reactive ketones (excluding diaryl/α,β-unsaturated/α-hetero) is 2. The van der Waals surface area contributed by atoms with Gasteiger partial charge in [0.05, 0.1) is 54.5 Å². The number of nitrogens with zero attached hydrogens (tertiary/aromatic N) is 3. The number of amides is 2. The van der Waals surface area contributed by atoms with Crippen molar-refractivity contribution in [3.63, 3.8) is 0 Å². The van der Waals surface area contributed by atoms with Crippen LogP contribution >= 0.6 is 0 Å². The Kier molecular flexibility index (Phi) is 32.9. The standard InChI is InChI=1S/C45H62N2O9.C41H53NO7/c1-10-37(34-24-31(3)43(54-9)42(27-34)53-8)44(49)47-23-12-11-16-38(47)45(50)56-39(21-18-32-19-22-40(51-6)41(25-32)52-7)33-14-13-15-36(26-33)55-29-35(48)20-17-30(2)28-46(4)5;1-8-13-33(43)26-48-34-15-12-14-31(24-34)37(20-19-30-18-17-27(3)28(4)22-30)49-41(45)36-16-10-11-21-42(36)40(44)35(9-2)32-23-29(5)39(47-7)38(25-32)46-6/h13-15,19,22,24-27,30,37-39H,10-12,16-18,20-21,23,28-29H2,1-9H3;12,14-15,17-18,22-25,35-37H,8-11,13,16,19-21,26H2,1-7H3/t30?,37-,38-,39+;35-,36?,37+/m00/s1. The molecule has 8 rings (SSSR count). The Hall–Kier alpha value is -9.10. The Labute approximate surface area is 623 Å². The van der Waals surface area contributed by atoms with Gasteiger partial charge < -0.3 is 62.1 Å². The van der Waals surface area contributed by atoms with Crippen LogP contribution in [0.3, 0.4) is 0 Å². The zero-order valence-electron chi connectivity index (χ0n) is 65.2. The van der Waals surface area contributed by atoms with Crippen molar-refractivity contribution in [1.29, 1.82) is 0 Å². The normalized spacial score (nSPS) is 15.7. The second-order valence-corrected chi connectivity index (χ2v) is 28.1. The number of benzene rings is 6. The van der Waals surface area contributed by atoms with Crippen molar-refractivity contribution in [1.82, 2.24) is 14.7 Å². The molecule has 7 atom stereocenters. The minimum Gasteiger partial charge on any atom is -0.493 e. The third-order valence-electron chi connectivity index (χ3n) is 20.0. The van der Waals surface area contributed by atoms with Crippen molar-refractivity contribution in [2.75, 3.05) is 89.6 Å². The molecule has 2 amide bonds. The van der Waals surface area contributed by atoms with Gasteiger partial charge in [-0.05, 0) is 242 Å². The third-order valence-corrected chi connectivity index (χ3v) is 20.0. The zero-order valence-corrected chi connectivity index (χ0v) is 65.2. The second kappa shape index (κ2) is 41.6. The lowest BCUT2D eigenvalue weighted by molar-refractivity contribution is -0.162. The molecule has 2 unspecified atom stereocenters. The molecule has 0 aliphatic carbocycles. The highest BCUT2D eigenvalue weighted by Crippen LogP contribution is 2.41. The van der Waals surface area contributed by atoms with Crippen LogP contribution in [0.25, 0.3) is 0 Å². The maximum Gasteiger partial charge on any atom is 0.329 e. The topological polar surface area (TPSA) is 204 Å². The number of hydrogen-bond donors (Lipinski definition) is 0. The summed E-state index contributed by atoms with van der Waals surface area (Å²) < 4.78 is 57.8. The number of piperidine rings is 2. The van der Waals surface area contributed by atoms with Crippen LogP contribution in [0, 0.1) is 33.6 Å². The molecule has 0 aromatic heterocycles. The van der Waals surface area contributed by atoms with E-state index in [0.29, 0.717) is 129 Å². The lowest BCUT2D eigenvalue weighted by Gasteiger charge is -2.37. The zero-order chi connectivity index (χ0) is 76.3. The minimum absolute atomic E-state index is 0.00171. The number of aryl methyl sites for hydroxylation is 6. The van der Waals surface area contributed by atoms with Crippen LogP contribution in [-0.2, 0) is 51.1 Å². The van der Waals surface area contributed by atoms with Crippen molar-refractivity contribution in [2.45, 2.75) is 194 Å². The summed E-state index contributed by atoms with van der Waals surface area (Å²) in [4.78, 5) is 87.5. The molecule has 570 valence electrons. The van der Waals surface area contributed by atoms with Gasteiger partial charge in [-0.3, -0.25) is 19.2 Å². The number of ether oxygens (including phenoxy) is 10. The first-order valence-electron chi connectivity index (χ1n) is 37.4. The van der Waals surface area contributed by atoms with E-state index in [1.165, 1.54) is 11.1 Å². The van der Waals surface area contributed by atoms with Crippen LogP contribution in [0.5, 0.6) is 46.0 Å². The molecule has 19 nitrogen and oxygen atoms in total. The van der Waals surface area contributed by atoms with Crippen molar-refractivity contribution >= 4 is 35.3 Å². The Morgan fingerprint density at radius 3 is 1.35 bits per heavy atom. The first kappa shape index (κ1) is 83.2. The molecule has 2 fully saturated rings. The van der Waals surface area contributed by atoms with Crippen LogP contribution in [0.2, 0.25) is 0 Å². The molecule has 2 aliphatic heterocycles. The van der Waals surface area contributed by atoms with Gasteiger partial charge in [-0.1, -0.05) is 88.4 Å². The van der Waals surface area contributed by atoms with E-state index < -0.39 is 48.1 Å². The molecule has 0 radical (unpaired) electrons. The van der Waals surface area contributed by atoms with E-state index >= 15 is 0 Å². The molecule has 6 aromatic rings. The van der Waals surface area contributed by atoms with Gasteiger partial charge in [0.1, 0.15) is 49.0 Å². The SMILES string of the molecule is CCCC(=O)COc1cccc([C@@H](CCc2ccc(C)c(C)c2)OC(=O)C2CCCCN2C(=O)[C@@H](CC)c2cc(C)c(OC)c(OC)c2)c1.CC[C@H](C(=O)N1CCCC[C@H]1C(=O)O[C@H](CCc1ccc(OC)c(OC)c1)c1cccc(OCC(=O)CCC(C)CN(C)C)c1)c1cc(C)c(OC)c(OC)c1. The molecule has 2 aliphatic rings. The molecular weight excluding hydrogens is 1330 g/mol. The van der Waals surface area contributed by atoms with E-state index in [9.17, 15) is 28.8 Å². The van der Waals surface area contributed by atoms with Crippen LogP contribution in [0.15, 0.2) is 109 Å². The van der Waals surface area contributed by atoms with Gasteiger partial charge in [-0.25, -0.2) is 9.59 Å². The summed E-state index contributed by atoms with van der Waals surface area (Å²) in [5, 5.41) is 0. The third kappa shape index (κ3) is 23.4. The average molecular weight is 1450 g/mol. The maximum atomic E-state index is 14.4. The summed E-state index contributed by atoms with van der Waals surface area (Å²) in [5.41, 5.74) is 9.51. The Bertz CT molecular complexity index is 3850. The highest BCUT2D eigenvalue weighted by Gasteiger charge is 2.40. The number of methoxy groups -OCH3 is 6. The lowest BCUT2D eigenvalue weighted by Crippen LogP contribution is -2.50. The molecule has 0 saturated carbocycles. The van der Waals surface area contributed by atoms with Gasteiger partial charge in [0.25, 0.3) is 0 Å². The number of rotatable bonds is 37. The number of hydrogen-bond acceptors (Lipinski definition) is 17. The molecule has 2 saturated heterocycles. The quantitative estimate of drug-likeness (QED) is 0.0333. The fourth-order valence-electron chi connectivity index (χ4n) is 14.3. The van der Waals surface area contributed by atoms with E-state index in [0.717, 1.165) is 89.6 Å². The van der Waals surface area contributed by atoms with E-state index in [1.54, 1.807) is 58.5 Å². The first-order valence-corrected chi connectivity index (χ1v) is 37.4. The van der Waals surface area contributed by atoms with Gasteiger partial charge in [0, 0.05) is 32.5 Å². The van der Waals surface area contributed by atoms with E-state index in [2.05, 4.69) is 43.9 Å². The van der Waals surface area contributed by atoms with E-state index in [4.69, 9.17) is 47.4 Å². The maximum absolute atomic E-state index is 14.4. The van der Waals surface area contributed by atoms with Crippen LogP contribution in [0.1, 0.15) is 197 Å². The van der Waals surface area contributed by atoms with Crippen LogP contribution in [-0.4, -0.2) is 152 Å². The number of likely N-dealkylation sites (tertiary alicyclic amines) is 2. The molecule has 105 heavy (non-hydrogen) atoms. The lowest BCUT2D eigenvalue weighted by atomic mass is 9.91. The highest BCUT2D eigenvalue weighted by atomic mass is 16.6. The number of esters is 2. The Morgan fingerprint density at radius 1 is 0.467 bits per heavy atom. The monoisotopic (exact) mass is 1450 g/mol. The number of carbonyl (C=O) groups is 6. The molecule has 6 aromatic carbocycles. The fraction of sp³-hybridized carbons (Fsp3) is 0.512. The Balaban J connectivity index is 0.000000296. The van der Waals surface area contributed by atoms with Crippen molar-refractivity contribution in [3.8, 4) is 46.0 Å². The highest BCUT2D eigenvalue weighted by molar-refractivity contribution is 5.90. The summed E-state index contributed by atoms with van der Waals surface area (Å²) >= 11 is 0. The van der Waals surface area contributed by atoms with Crippen molar-refractivity contribution < 1.29 is 76.1 Å². The fourth-order valence-corrected chi connectivity index (χ4v) is 14.3. The molecule has 2 heterocycles. The van der Waals surface area contributed by atoms with Gasteiger partial charge >= 0.3 is 11.9 Å². The minimum atomic E-state index is -0.734. The summed E-state index contributed by atoms with van der Waals surface area (Å²) in [5.74, 6) is 3.23. The van der Waals surface area contributed by atoms with Crippen molar-refractivity contribution in [2.24, 2.45) is 5.92 Å². The largest absolute Gasteiger partial charge is 0.493 e. The predicted octanol–water partition coefficient (Wildman–Crippen LogP) is 15.9. The number of ketones is 2. The average Bonchev–Trinajstić information content (AvgIpc) is 0.800. The number of carbonyl (C=O) groups excluding carboxylic acids is 6. The van der Waals surface area contributed by atoms with Gasteiger partial charge in [0.2, 0.25) is 11.8 Å². The van der Waals surface area contributed by atoms with Gasteiger partial charge in [-0.2, -0.15) is 0 Å². The van der Waals surface area contributed by atoms with Crippen molar-refractivity contribution in [3.05, 3.63) is 165 Å². The summed E-state index contributed by atoms with van der Waals surface area (Å²) in [6, 6.07) is 33.2. The van der Waals surface area contributed by atoms with E-state index in [1.807, 2.05) is 134 Å². The molecule has 0 spiro atoms. The molecular formula is C86H115N3O16. The predicted molar refractivity (Wildman–Crippen MR) is 409 cm³/mol. The van der Waals surface area contributed by atoms with Gasteiger partial charge in [0.15, 0.2) is 46.1 Å². The summed E-state index contributed by atoms with van der Waals surface area (Å²) in [7, 11) is 13.6. The first-order chi connectivity index (χ1) is 50.5. The Morgan fingerprint density at radius 2 is 0.924 bits per heavy atom. The molecule has 0 N–H and O–H groups in total. The van der Waals surface area contributed by atoms with Gasteiger partial charge in [-0.15, -0.1) is 0 Å².